The van der Waals surface area contributed by atoms with E-state index in [9.17, 15) is 0 Å². The standard InChI is InChI=1S/C32H19BrN4S/c33-24-17-22(21-10-7-15-34-19-21)16-23(18-24)31-35-30(20-8-2-1-3-9-20)36-32(37-31)26-12-6-14-28-29(26)25-11-4-5-13-27(25)38-28/h1-19H. The largest absolute Gasteiger partial charge is 0.264 e. The predicted molar refractivity (Wildman–Crippen MR) is 160 cm³/mol. The van der Waals surface area contributed by atoms with E-state index in [2.05, 4.69) is 81.6 Å². The van der Waals surface area contributed by atoms with E-state index in [-0.39, 0.29) is 0 Å². The molecule has 38 heavy (non-hydrogen) atoms. The summed E-state index contributed by atoms with van der Waals surface area (Å²) in [6, 6.07) is 35.2. The van der Waals surface area contributed by atoms with Crippen molar-refractivity contribution < 1.29 is 0 Å². The van der Waals surface area contributed by atoms with E-state index in [1.807, 2.05) is 48.7 Å². The number of hydrogen-bond acceptors (Lipinski definition) is 5. The van der Waals surface area contributed by atoms with Crippen LogP contribution in [-0.4, -0.2) is 19.9 Å². The van der Waals surface area contributed by atoms with Crippen LogP contribution in [0.5, 0.6) is 0 Å². The fourth-order valence-corrected chi connectivity index (χ4v) is 6.35. The maximum atomic E-state index is 5.06. The second kappa shape index (κ2) is 9.56. The van der Waals surface area contributed by atoms with Crippen LogP contribution >= 0.6 is 27.3 Å². The fraction of sp³-hybridized carbons (Fsp3) is 0. The molecular weight excluding hydrogens is 552 g/mol. The first kappa shape index (κ1) is 22.9. The van der Waals surface area contributed by atoms with E-state index in [1.54, 1.807) is 17.5 Å². The number of nitrogens with zero attached hydrogens (tertiary/aromatic N) is 4. The van der Waals surface area contributed by atoms with Crippen molar-refractivity contribution in [2.45, 2.75) is 0 Å². The Morgan fingerprint density at radius 2 is 1.26 bits per heavy atom. The summed E-state index contributed by atoms with van der Waals surface area (Å²) in [6.07, 6.45) is 3.64. The molecule has 0 unspecified atom stereocenters. The van der Waals surface area contributed by atoms with Crippen molar-refractivity contribution >= 4 is 47.4 Å². The van der Waals surface area contributed by atoms with E-state index in [0.29, 0.717) is 17.5 Å². The van der Waals surface area contributed by atoms with Crippen LogP contribution in [0.2, 0.25) is 0 Å². The van der Waals surface area contributed by atoms with Gasteiger partial charge in [-0.15, -0.1) is 11.3 Å². The average Bonchev–Trinajstić information content (AvgIpc) is 3.36. The highest BCUT2D eigenvalue weighted by Crippen LogP contribution is 2.40. The lowest BCUT2D eigenvalue weighted by atomic mass is 10.0. The van der Waals surface area contributed by atoms with Gasteiger partial charge in [0.1, 0.15) is 0 Å². The molecule has 0 bridgehead atoms. The molecule has 4 aromatic carbocycles. The number of halogens is 1. The van der Waals surface area contributed by atoms with Gasteiger partial charge in [-0.3, -0.25) is 4.98 Å². The van der Waals surface area contributed by atoms with Gasteiger partial charge in [0.2, 0.25) is 0 Å². The topological polar surface area (TPSA) is 51.6 Å². The normalized spacial score (nSPS) is 11.3. The minimum atomic E-state index is 0.622. The van der Waals surface area contributed by atoms with Crippen LogP contribution in [0.1, 0.15) is 0 Å². The molecule has 6 heteroatoms. The monoisotopic (exact) mass is 570 g/mol. The van der Waals surface area contributed by atoms with Crippen molar-refractivity contribution in [3.63, 3.8) is 0 Å². The van der Waals surface area contributed by atoms with Gasteiger partial charge in [-0.05, 0) is 42.0 Å². The van der Waals surface area contributed by atoms with Gasteiger partial charge in [-0.1, -0.05) is 82.7 Å². The molecule has 0 spiro atoms. The van der Waals surface area contributed by atoms with E-state index in [1.165, 1.54) is 20.2 Å². The molecule has 7 aromatic rings. The molecule has 0 atom stereocenters. The Labute approximate surface area is 231 Å². The summed E-state index contributed by atoms with van der Waals surface area (Å²) in [5.74, 6) is 1.92. The van der Waals surface area contributed by atoms with Gasteiger partial charge in [-0.2, -0.15) is 0 Å². The summed E-state index contributed by atoms with van der Waals surface area (Å²) in [5.41, 5.74) is 4.92. The lowest BCUT2D eigenvalue weighted by Crippen LogP contribution is -2.00. The summed E-state index contributed by atoms with van der Waals surface area (Å²) in [6.45, 7) is 0. The second-order valence-corrected chi connectivity index (χ2v) is 10.9. The van der Waals surface area contributed by atoms with Gasteiger partial charge in [0.05, 0.1) is 0 Å². The van der Waals surface area contributed by atoms with Gasteiger partial charge in [0.25, 0.3) is 0 Å². The highest BCUT2D eigenvalue weighted by Gasteiger charge is 2.17. The Morgan fingerprint density at radius 3 is 2.11 bits per heavy atom. The summed E-state index contributed by atoms with van der Waals surface area (Å²) in [7, 11) is 0. The molecule has 0 aliphatic rings. The first-order valence-corrected chi connectivity index (χ1v) is 13.8. The predicted octanol–water partition coefficient (Wildman–Crippen LogP) is 9.06. The summed E-state index contributed by atoms with van der Waals surface area (Å²) in [4.78, 5) is 19.3. The molecule has 0 saturated heterocycles. The SMILES string of the molecule is Brc1cc(-c2cccnc2)cc(-c2nc(-c3ccccc3)nc(-c3cccc4sc5ccccc5c34)n2)c1. The zero-order chi connectivity index (χ0) is 25.5. The molecule has 0 saturated carbocycles. The van der Waals surface area contributed by atoms with Crippen molar-refractivity contribution in [2.75, 3.05) is 0 Å². The molecule has 180 valence electrons. The minimum absolute atomic E-state index is 0.622. The molecular formula is C32H19BrN4S. The number of rotatable bonds is 4. The summed E-state index contributed by atoms with van der Waals surface area (Å²) < 4.78 is 3.41. The molecule has 0 radical (unpaired) electrons. The molecule has 4 nitrogen and oxygen atoms in total. The van der Waals surface area contributed by atoms with Crippen LogP contribution in [0.25, 0.3) is 65.5 Å². The molecule has 0 aliphatic carbocycles. The van der Waals surface area contributed by atoms with Crippen LogP contribution in [0.15, 0.2) is 120 Å². The van der Waals surface area contributed by atoms with Gasteiger partial charge in [0, 0.05) is 59.3 Å². The average molecular weight is 572 g/mol. The van der Waals surface area contributed by atoms with E-state index >= 15 is 0 Å². The molecule has 0 fully saturated rings. The van der Waals surface area contributed by atoms with Crippen LogP contribution in [0, 0.1) is 0 Å². The van der Waals surface area contributed by atoms with E-state index in [4.69, 9.17) is 15.0 Å². The van der Waals surface area contributed by atoms with Crippen molar-refractivity contribution in [3.05, 3.63) is 120 Å². The number of fused-ring (bicyclic) bond motifs is 3. The Kier molecular flexibility index (Phi) is 5.76. The highest BCUT2D eigenvalue weighted by molar-refractivity contribution is 9.10. The lowest BCUT2D eigenvalue weighted by Gasteiger charge is -2.11. The van der Waals surface area contributed by atoms with Crippen molar-refractivity contribution in [1.82, 2.24) is 19.9 Å². The minimum Gasteiger partial charge on any atom is -0.264 e. The van der Waals surface area contributed by atoms with E-state index in [0.717, 1.165) is 32.3 Å². The van der Waals surface area contributed by atoms with Gasteiger partial charge in [-0.25, -0.2) is 15.0 Å². The number of benzene rings is 4. The molecule has 3 aromatic heterocycles. The lowest BCUT2D eigenvalue weighted by molar-refractivity contribution is 1.08. The third-order valence-corrected chi connectivity index (χ3v) is 8.06. The second-order valence-electron chi connectivity index (χ2n) is 8.92. The molecule has 3 heterocycles. The third-order valence-electron chi connectivity index (χ3n) is 6.46. The highest BCUT2D eigenvalue weighted by atomic mass is 79.9. The smallest absolute Gasteiger partial charge is 0.164 e. The Hall–Kier alpha value is -4.26. The van der Waals surface area contributed by atoms with Gasteiger partial charge in [0.15, 0.2) is 17.5 Å². The quantitative estimate of drug-likeness (QED) is 0.212. The maximum Gasteiger partial charge on any atom is 0.164 e. The molecule has 0 amide bonds. The zero-order valence-corrected chi connectivity index (χ0v) is 22.4. The molecule has 0 aliphatic heterocycles. The number of thiophene rings is 1. The fourth-order valence-electron chi connectivity index (χ4n) is 4.72. The van der Waals surface area contributed by atoms with Crippen molar-refractivity contribution in [1.29, 1.82) is 0 Å². The van der Waals surface area contributed by atoms with Crippen molar-refractivity contribution in [3.8, 4) is 45.3 Å². The van der Waals surface area contributed by atoms with Crippen LogP contribution < -0.4 is 0 Å². The van der Waals surface area contributed by atoms with E-state index < -0.39 is 0 Å². The maximum absolute atomic E-state index is 5.06. The number of pyridine rings is 1. The first-order valence-electron chi connectivity index (χ1n) is 12.2. The summed E-state index contributed by atoms with van der Waals surface area (Å²) >= 11 is 5.49. The summed E-state index contributed by atoms with van der Waals surface area (Å²) in [5, 5.41) is 2.39. The van der Waals surface area contributed by atoms with Gasteiger partial charge >= 0.3 is 0 Å². The van der Waals surface area contributed by atoms with Gasteiger partial charge < -0.3 is 0 Å². The number of aromatic nitrogens is 4. The third kappa shape index (κ3) is 4.18. The Morgan fingerprint density at radius 1 is 0.553 bits per heavy atom. The zero-order valence-electron chi connectivity index (χ0n) is 20.0. The Balaban J connectivity index is 1.49. The van der Waals surface area contributed by atoms with Crippen molar-refractivity contribution in [2.24, 2.45) is 0 Å². The molecule has 7 rings (SSSR count). The Bertz CT molecular complexity index is 1930. The van der Waals surface area contributed by atoms with Crippen LogP contribution in [-0.2, 0) is 0 Å². The van der Waals surface area contributed by atoms with Crippen LogP contribution in [0.3, 0.4) is 0 Å². The first-order chi connectivity index (χ1) is 18.7. The molecule has 0 N–H and O–H groups in total. The number of hydrogen-bond donors (Lipinski definition) is 0. The van der Waals surface area contributed by atoms with Crippen LogP contribution in [0.4, 0.5) is 0 Å².